The monoisotopic (exact) mass is 547 g/mol. The Hall–Kier alpha value is -2.75. The maximum atomic E-state index is 11.8. The van der Waals surface area contributed by atoms with Crippen molar-refractivity contribution in [3.05, 3.63) is 35.7 Å². The van der Waals surface area contributed by atoms with E-state index < -0.39 is 0 Å². The summed E-state index contributed by atoms with van der Waals surface area (Å²) in [6.45, 7) is 6.44. The van der Waals surface area contributed by atoms with Crippen molar-refractivity contribution in [3.8, 4) is 11.1 Å². The first-order chi connectivity index (χ1) is 19.0. The number of aromatic nitrogens is 2. The fourth-order valence-corrected chi connectivity index (χ4v) is 7.74. The second-order valence-electron chi connectivity index (χ2n) is 11.8. The summed E-state index contributed by atoms with van der Waals surface area (Å²) in [4.78, 5) is 32.9. The number of nitrogens with zero attached hydrogens (tertiary/aromatic N) is 6. The van der Waals surface area contributed by atoms with Crippen LogP contribution < -0.4 is 15.5 Å². The lowest BCUT2D eigenvalue weighted by Gasteiger charge is -2.36. The van der Waals surface area contributed by atoms with Gasteiger partial charge in [0.25, 0.3) is 0 Å². The summed E-state index contributed by atoms with van der Waals surface area (Å²) in [5.41, 5.74) is 8.00. The number of likely N-dealkylation sites (tertiary alicyclic amines) is 1. The van der Waals surface area contributed by atoms with Gasteiger partial charge in [0.15, 0.2) is 0 Å². The first-order valence-corrected chi connectivity index (χ1v) is 15.4. The number of amides is 1. The number of thiophene rings is 1. The molecule has 0 bridgehead atoms. The Morgan fingerprint density at radius 3 is 2.59 bits per heavy atom. The van der Waals surface area contributed by atoms with Crippen LogP contribution in [0.15, 0.2) is 35.7 Å². The topological polar surface area (TPSA) is 81.8 Å². The molecule has 1 aromatic carbocycles. The Morgan fingerprint density at radius 2 is 1.87 bits per heavy atom. The molecule has 0 spiro atoms. The summed E-state index contributed by atoms with van der Waals surface area (Å²) < 4.78 is 0. The third-order valence-corrected chi connectivity index (χ3v) is 9.88. The van der Waals surface area contributed by atoms with Gasteiger partial charge in [-0.1, -0.05) is 30.3 Å². The van der Waals surface area contributed by atoms with Crippen LogP contribution >= 0.6 is 11.3 Å². The first-order valence-electron chi connectivity index (χ1n) is 14.5. The van der Waals surface area contributed by atoms with Gasteiger partial charge in [-0.15, -0.1) is 11.3 Å². The number of carbonyl (C=O) groups excluding carboxylic acids is 1. The molecule has 6 rings (SSSR count). The highest BCUT2D eigenvalue weighted by Crippen LogP contribution is 2.41. The highest BCUT2D eigenvalue weighted by molar-refractivity contribution is 7.17. The number of hydrogen-bond acceptors (Lipinski definition) is 8. The van der Waals surface area contributed by atoms with Crippen molar-refractivity contribution in [2.24, 2.45) is 11.7 Å². The molecule has 208 valence electrons. The first kappa shape index (κ1) is 26.5. The van der Waals surface area contributed by atoms with Crippen molar-refractivity contribution >= 4 is 39.2 Å². The van der Waals surface area contributed by atoms with E-state index in [0.29, 0.717) is 18.4 Å². The molecule has 2 atom stereocenters. The fourth-order valence-electron chi connectivity index (χ4n) is 6.80. The van der Waals surface area contributed by atoms with E-state index in [2.05, 4.69) is 69.4 Å². The van der Waals surface area contributed by atoms with Crippen LogP contribution in [-0.4, -0.2) is 91.1 Å². The van der Waals surface area contributed by atoms with Gasteiger partial charge in [0.1, 0.15) is 10.6 Å². The number of piperidine rings is 1. The van der Waals surface area contributed by atoms with Crippen LogP contribution in [0.4, 0.5) is 11.8 Å². The van der Waals surface area contributed by atoms with Crippen LogP contribution in [0.5, 0.6) is 0 Å². The summed E-state index contributed by atoms with van der Waals surface area (Å²) in [6, 6.07) is 11.4. The van der Waals surface area contributed by atoms with E-state index >= 15 is 0 Å². The van der Waals surface area contributed by atoms with E-state index in [9.17, 15) is 4.79 Å². The van der Waals surface area contributed by atoms with Crippen molar-refractivity contribution in [1.82, 2.24) is 19.8 Å². The van der Waals surface area contributed by atoms with Crippen LogP contribution in [0, 0.1) is 5.92 Å². The predicted octanol–water partition coefficient (Wildman–Crippen LogP) is 4.05. The zero-order valence-corrected chi connectivity index (χ0v) is 24.1. The molecule has 9 heteroatoms. The molecule has 1 amide bonds. The molecule has 2 aromatic heterocycles. The number of primary amides is 1. The second-order valence-corrected chi connectivity index (χ2v) is 12.6. The molecule has 3 aliphatic rings. The van der Waals surface area contributed by atoms with Crippen molar-refractivity contribution in [1.29, 1.82) is 0 Å². The minimum absolute atomic E-state index is 0.0808. The third kappa shape index (κ3) is 5.62. The Balaban J connectivity index is 1.28. The van der Waals surface area contributed by atoms with Gasteiger partial charge in [0, 0.05) is 62.2 Å². The third-order valence-electron chi connectivity index (χ3n) is 9.01. The number of carbonyl (C=O) groups is 1. The van der Waals surface area contributed by atoms with Gasteiger partial charge in [-0.3, -0.25) is 4.79 Å². The summed E-state index contributed by atoms with van der Waals surface area (Å²) in [5.74, 6) is 2.24. The normalized spacial score (nSPS) is 22.9. The average Bonchev–Trinajstić information content (AvgIpc) is 3.69. The molecule has 2 N–H and O–H groups in total. The molecule has 0 aliphatic carbocycles. The molecule has 3 saturated heterocycles. The molecule has 2 unspecified atom stereocenters. The van der Waals surface area contributed by atoms with E-state index in [-0.39, 0.29) is 11.9 Å². The van der Waals surface area contributed by atoms with E-state index in [4.69, 9.17) is 15.7 Å². The standard InChI is InChI=1S/C30H41N7OS/c1-34-14-12-24(19-34)35(2)18-21-10-15-36(16-11-21)28-27-25(22-7-4-3-5-8-22)20-39-29(27)33-30(32-28)37-13-6-9-23(37)17-26(31)38/h3-5,7-8,20-21,23-24H,6,9-19H2,1-2H3,(H2,31,38). The SMILES string of the molecule is CN1CCC(N(C)CC2CCN(c3nc(N4CCCC4CC(N)=O)nc4scc(-c5ccccc5)c34)CC2)C1. The number of fused-ring (bicyclic) bond motifs is 1. The molecule has 0 radical (unpaired) electrons. The van der Waals surface area contributed by atoms with Gasteiger partial charge in [-0.05, 0) is 64.2 Å². The maximum absolute atomic E-state index is 11.8. The fraction of sp³-hybridized carbons (Fsp3) is 0.567. The molecule has 5 heterocycles. The quantitative estimate of drug-likeness (QED) is 0.456. The second kappa shape index (κ2) is 11.4. The van der Waals surface area contributed by atoms with Crippen LogP contribution in [-0.2, 0) is 4.79 Å². The van der Waals surface area contributed by atoms with Crippen LogP contribution in [0.2, 0.25) is 0 Å². The van der Waals surface area contributed by atoms with Crippen molar-refractivity contribution in [2.75, 3.05) is 63.2 Å². The molecule has 8 nitrogen and oxygen atoms in total. The Labute approximate surface area is 235 Å². The largest absolute Gasteiger partial charge is 0.370 e. The molecule has 3 aromatic rings. The van der Waals surface area contributed by atoms with E-state index in [0.717, 1.165) is 54.5 Å². The lowest BCUT2D eigenvalue weighted by Crippen LogP contribution is -2.42. The van der Waals surface area contributed by atoms with E-state index in [1.54, 1.807) is 11.3 Å². The number of benzene rings is 1. The van der Waals surface area contributed by atoms with E-state index in [1.165, 1.54) is 50.0 Å². The van der Waals surface area contributed by atoms with E-state index in [1.807, 2.05) is 0 Å². The summed E-state index contributed by atoms with van der Waals surface area (Å²) in [7, 11) is 4.54. The predicted molar refractivity (Wildman–Crippen MR) is 160 cm³/mol. The van der Waals surface area contributed by atoms with Crippen molar-refractivity contribution in [3.63, 3.8) is 0 Å². The molecule has 0 saturated carbocycles. The summed E-state index contributed by atoms with van der Waals surface area (Å²) >= 11 is 1.69. The summed E-state index contributed by atoms with van der Waals surface area (Å²) in [5, 5.41) is 3.39. The number of hydrogen-bond donors (Lipinski definition) is 1. The van der Waals surface area contributed by atoms with Gasteiger partial charge in [-0.2, -0.15) is 4.98 Å². The zero-order valence-electron chi connectivity index (χ0n) is 23.3. The number of anilines is 2. The Morgan fingerprint density at radius 1 is 1.08 bits per heavy atom. The average molecular weight is 548 g/mol. The van der Waals surface area contributed by atoms with Gasteiger partial charge in [0.2, 0.25) is 11.9 Å². The minimum Gasteiger partial charge on any atom is -0.370 e. The molecular formula is C30H41N7OS. The lowest BCUT2D eigenvalue weighted by molar-refractivity contribution is -0.118. The smallest absolute Gasteiger partial charge is 0.228 e. The minimum atomic E-state index is -0.257. The summed E-state index contributed by atoms with van der Waals surface area (Å²) in [6.07, 6.45) is 5.96. The Kier molecular flexibility index (Phi) is 7.73. The molecule has 3 aliphatic heterocycles. The van der Waals surface area contributed by atoms with Crippen LogP contribution in [0.3, 0.4) is 0 Å². The molecular weight excluding hydrogens is 506 g/mol. The van der Waals surface area contributed by atoms with Crippen molar-refractivity contribution < 1.29 is 4.79 Å². The van der Waals surface area contributed by atoms with Gasteiger partial charge in [-0.25, -0.2) is 4.98 Å². The van der Waals surface area contributed by atoms with Gasteiger partial charge < -0.3 is 25.3 Å². The zero-order chi connectivity index (χ0) is 26.9. The lowest BCUT2D eigenvalue weighted by atomic mass is 9.95. The Bertz CT molecular complexity index is 1290. The van der Waals surface area contributed by atoms with Crippen LogP contribution in [0.25, 0.3) is 21.3 Å². The van der Waals surface area contributed by atoms with Crippen molar-refractivity contribution in [2.45, 2.75) is 50.6 Å². The number of nitrogens with two attached hydrogens (primary N) is 1. The molecule has 3 fully saturated rings. The number of likely N-dealkylation sites (N-methyl/N-ethyl adjacent to an activating group) is 2. The van der Waals surface area contributed by atoms with Gasteiger partial charge >= 0.3 is 0 Å². The number of rotatable bonds is 8. The highest BCUT2D eigenvalue weighted by Gasteiger charge is 2.32. The maximum Gasteiger partial charge on any atom is 0.228 e. The molecule has 39 heavy (non-hydrogen) atoms. The van der Waals surface area contributed by atoms with Crippen LogP contribution in [0.1, 0.15) is 38.5 Å². The highest BCUT2D eigenvalue weighted by atomic mass is 32.1. The van der Waals surface area contributed by atoms with Gasteiger partial charge in [0.05, 0.1) is 5.39 Å².